The number of carbonyl (C=O) groups is 1. The molecule has 1 saturated heterocycles. The van der Waals surface area contributed by atoms with E-state index in [0.717, 1.165) is 18.8 Å². The van der Waals surface area contributed by atoms with E-state index in [1.807, 2.05) is 24.3 Å². The van der Waals surface area contributed by atoms with Crippen molar-refractivity contribution in [2.75, 3.05) is 43.5 Å². The topological polar surface area (TPSA) is 68.6 Å². The SMILES string of the molecule is COc1ccc(NC(=O)N2CCN(c3ccc(C#N)cc3)CC2)cc1Cl. The van der Waals surface area contributed by atoms with Gasteiger partial charge in [-0.1, -0.05) is 11.6 Å². The van der Waals surface area contributed by atoms with Crippen molar-refractivity contribution < 1.29 is 9.53 Å². The first kappa shape index (κ1) is 17.9. The number of nitriles is 1. The number of methoxy groups -OCH3 is 1. The number of piperazine rings is 1. The molecule has 6 nitrogen and oxygen atoms in total. The molecule has 1 aliphatic heterocycles. The van der Waals surface area contributed by atoms with Crippen LogP contribution in [0.1, 0.15) is 5.56 Å². The van der Waals surface area contributed by atoms with Gasteiger partial charge in [0.25, 0.3) is 0 Å². The first-order valence-electron chi connectivity index (χ1n) is 8.25. The van der Waals surface area contributed by atoms with Crippen LogP contribution in [-0.2, 0) is 0 Å². The Kier molecular flexibility index (Phi) is 5.49. The Hall–Kier alpha value is -2.91. The molecule has 134 valence electrons. The molecule has 3 rings (SSSR count). The molecule has 26 heavy (non-hydrogen) atoms. The minimum atomic E-state index is -0.147. The van der Waals surface area contributed by atoms with Gasteiger partial charge in [0.05, 0.1) is 23.8 Å². The Bertz CT molecular complexity index is 824. The number of halogens is 1. The van der Waals surface area contributed by atoms with Gasteiger partial charge in [-0.2, -0.15) is 5.26 Å². The number of anilines is 2. The zero-order chi connectivity index (χ0) is 18.5. The quantitative estimate of drug-likeness (QED) is 0.896. The fourth-order valence-electron chi connectivity index (χ4n) is 2.86. The Morgan fingerprint density at radius 3 is 2.42 bits per heavy atom. The molecule has 2 aromatic carbocycles. The van der Waals surface area contributed by atoms with Crippen molar-refractivity contribution in [1.29, 1.82) is 5.26 Å². The maximum Gasteiger partial charge on any atom is 0.321 e. The second-order valence-electron chi connectivity index (χ2n) is 5.91. The van der Waals surface area contributed by atoms with Crippen molar-refractivity contribution in [3.05, 3.63) is 53.1 Å². The molecule has 1 aliphatic rings. The van der Waals surface area contributed by atoms with E-state index in [2.05, 4.69) is 16.3 Å². The van der Waals surface area contributed by atoms with Crippen molar-refractivity contribution in [2.24, 2.45) is 0 Å². The number of benzene rings is 2. The summed E-state index contributed by atoms with van der Waals surface area (Å²) in [6.07, 6.45) is 0. The number of ether oxygens (including phenoxy) is 1. The van der Waals surface area contributed by atoms with Crippen molar-refractivity contribution in [2.45, 2.75) is 0 Å². The van der Waals surface area contributed by atoms with Gasteiger partial charge in [-0.3, -0.25) is 0 Å². The molecule has 2 aromatic rings. The third kappa shape index (κ3) is 4.01. The molecule has 0 aliphatic carbocycles. The van der Waals surface area contributed by atoms with E-state index in [9.17, 15) is 4.79 Å². The first-order valence-corrected chi connectivity index (χ1v) is 8.63. The van der Waals surface area contributed by atoms with Crippen LogP contribution >= 0.6 is 11.6 Å². The van der Waals surface area contributed by atoms with Crippen LogP contribution in [0, 0.1) is 11.3 Å². The number of hydrogen-bond acceptors (Lipinski definition) is 4. The normalized spacial score (nSPS) is 13.9. The lowest BCUT2D eigenvalue weighted by Crippen LogP contribution is -2.50. The van der Waals surface area contributed by atoms with Gasteiger partial charge >= 0.3 is 6.03 Å². The summed E-state index contributed by atoms with van der Waals surface area (Å²) in [5.74, 6) is 0.570. The molecule has 1 fully saturated rings. The van der Waals surface area contributed by atoms with E-state index >= 15 is 0 Å². The molecule has 0 aromatic heterocycles. The van der Waals surface area contributed by atoms with Crippen LogP contribution in [0.5, 0.6) is 5.75 Å². The standard InChI is InChI=1S/C19H19ClN4O2/c1-26-18-7-4-15(12-17(18)20)22-19(25)24-10-8-23(9-11-24)16-5-2-14(13-21)3-6-16/h2-7,12H,8-11H2,1H3,(H,22,25). The van der Waals surface area contributed by atoms with E-state index in [4.69, 9.17) is 21.6 Å². The van der Waals surface area contributed by atoms with E-state index in [1.54, 1.807) is 30.2 Å². The van der Waals surface area contributed by atoms with Gasteiger partial charge in [0.2, 0.25) is 0 Å². The fourth-order valence-corrected chi connectivity index (χ4v) is 3.12. The van der Waals surface area contributed by atoms with Crippen molar-refractivity contribution in [3.63, 3.8) is 0 Å². The minimum absolute atomic E-state index is 0.147. The molecular formula is C19H19ClN4O2. The molecule has 0 saturated carbocycles. The third-order valence-electron chi connectivity index (χ3n) is 4.33. The molecule has 2 amide bonds. The van der Waals surface area contributed by atoms with Gasteiger partial charge in [0.1, 0.15) is 5.75 Å². The van der Waals surface area contributed by atoms with Crippen LogP contribution < -0.4 is 15.0 Å². The molecule has 1 heterocycles. The van der Waals surface area contributed by atoms with Crippen LogP contribution in [0.4, 0.5) is 16.2 Å². The summed E-state index contributed by atoms with van der Waals surface area (Å²) in [7, 11) is 1.55. The highest BCUT2D eigenvalue weighted by molar-refractivity contribution is 6.32. The minimum Gasteiger partial charge on any atom is -0.495 e. The monoisotopic (exact) mass is 370 g/mol. The first-order chi connectivity index (χ1) is 12.6. The Morgan fingerprint density at radius 2 is 1.85 bits per heavy atom. The fraction of sp³-hybridized carbons (Fsp3) is 0.263. The second-order valence-corrected chi connectivity index (χ2v) is 6.32. The van der Waals surface area contributed by atoms with E-state index in [0.29, 0.717) is 35.1 Å². The number of urea groups is 1. The van der Waals surface area contributed by atoms with Gasteiger partial charge in [0.15, 0.2) is 0 Å². The van der Waals surface area contributed by atoms with Crippen LogP contribution in [-0.4, -0.2) is 44.2 Å². The average molecular weight is 371 g/mol. The van der Waals surface area contributed by atoms with E-state index in [1.165, 1.54) is 0 Å². The molecular weight excluding hydrogens is 352 g/mol. The van der Waals surface area contributed by atoms with Crippen molar-refractivity contribution in [3.8, 4) is 11.8 Å². The maximum absolute atomic E-state index is 12.4. The molecule has 0 radical (unpaired) electrons. The lowest BCUT2D eigenvalue weighted by Gasteiger charge is -2.36. The van der Waals surface area contributed by atoms with Crippen LogP contribution in [0.15, 0.2) is 42.5 Å². The Morgan fingerprint density at radius 1 is 1.15 bits per heavy atom. The van der Waals surface area contributed by atoms with Gasteiger partial charge in [-0.15, -0.1) is 0 Å². The molecule has 1 N–H and O–H groups in total. The van der Waals surface area contributed by atoms with E-state index in [-0.39, 0.29) is 6.03 Å². The van der Waals surface area contributed by atoms with Gasteiger partial charge in [0, 0.05) is 37.6 Å². The smallest absolute Gasteiger partial charge is 0.321 e. The van der Waals surface area contributed by atoms with Crippen molar-refractivity contribution in [1.82, 2.24) is 4.90 Å². The highest BCUT2D eigenvalue weighted by Gasteiger charge is 2.21. The zero-order valence-corrected chi connectivity index (χ0v) is 15.2. The van der Waals surface area contributed by atoms with Crippen molar-refractivity contribution >= 4 is 29.0 Å². The van der Waals surface area contributed by atoms with Crippen LogP contribution in [0.3, 0.4) is 0 Å². The summed E-state index contributed by atoms with van der Waals surface area (Å²) in [5, 5.41) is 12.2. The van der Waals surface area contributed by atoms with Gasteiger partial charge in [-0.25, -0.2) is 4.79 Å². The zero-order valence-electron chi connectivity index (χ0n) is 14.4. The number of nitrogens with zero attached hydrogens (tertiary/aromatic N) is 3. The average Bonchev–Trinajstić information content (AvgIpc) is 2.68. The number of amides is 2. The molecule has 0 atom stereocenters. The van der Waals surface area contributed by atoms with E-state index < -0.39 is 0 Å². The summed E-state index contributed by atoms with van der Waals surface area (Å²) in [6.45, 7) is 2.72. The van der Waals surface area contributed by atoms with Crippen LogP contribution in [0.2, 0.25) is 5.02 Å². The molecule has 7 heteroatoms. The Balaban J connectivity index is 1.56. The lowest BCUT2D eigenvalue weighted by atomic mass is 10.2. The summed E-state index contributed by atoms with van der Waals surface area (Å²) in [4.78, 5) is 16.4. The largest absolute Gasteiger partial charge is 0.495 e. The lowest BCUT2D eigenvalue weighted by molar-refractivity contribution is 0.208. The number of rotatable bonds is 3. The molecule has 0 bridgehead atoms. The number of hydrogen-bond donors (Lipinski definition) is 1. The predicted octanol–water partition coefficient (Wildman–Crippen LogP) is 3.57. The summed E-state index contributed by atoms with van der Waals surface area (Å²) >= 11 is 6.09. The summed E-state index contributed by atoms with van der Waals surface area (Å²) < 4.78 is 5.11. The van der Waals surface area contributed by atoms with Crippen LogP contribution in [0.25, 0.3) is 0 Å². The highest BCUT2D eigenvalue weighted by atomic mass is 35.5. The van der Waals surface area contributed by atoms with Gasteiger partial charge < -0.3 is 19.9 Å². The second kappa shape index (κ2) is 7.98. The number of carbonyl (C=O) groups excluding carboxylic acids is 1. The van der Waals surface area contributed by atoms with Gasteiger partial charge in [-0.05, 0) is 42.5 Å². The summed E-state index contributed by atoms with van der Waals surface area (Å²) in [5.41, 5.74) is 2.34. The number of nitrogens with one attached hydrogen (secondary N) is 1. The molecule has 0 spiro atoms. The third-order valence-corrected chi connectivity index (χ3v) is 4.63. The molecule has 0 unspecified atom stereocenters. The maximum atomic E-state index is 12.4. The highest BCUT2D eigenvalue weighted by Crippen LogP contribution is 2.27. The predicted molar refractivity (Wildman–Crippen MR) is 102 cm³/mol. The summed E-state index contributed by atoms with van der Waals surface area (Å²) in [6, 6.07) is 14.6. The Labute approximate surface area is 157 Å².